The highest BCUT2D eigenvalue weighted by molar-refractivity contribution is 6.02. The molecule has 1 fully saturated rings. The van der Waals surface area contributed by atoms with Gasteiger partial charge in [-0.3, -0.25) is 10.1 Å². The second-order valence-corrected chi connectivity index (χ2v) is 7.21. The van der Waals surface area contributed by atoms with Crippen LogP contribution in [0.4, 0.5) is 10.5 Å². The topological polar surface area (TPSA) is 89.4 Å². The zero-order valence-electron chi connectivity index (χ0n) is 16.6. The largest absolute Gasteiger partial charge is 0.452 e. The molecule has 2 aromatic rings. The number of rotatable bonds is 5. The molecule has 1 aliphatic carbocycles. The SMILES string of the molecule is Cc1cccc(NC(=O)NC(=O)COC(=O)c2cc(C)n(C3CC3)c2C)c1C. The molecule has 0 spiro atoms. The minimum absolute atomic E-state index is 0.456. The highest BCUT2D eigenvalue weighted by atomic mass is 16.5. The number of aromatic nitrogens is 1. The lowest BCUT2D eigenvalue weighted by molar-refractivity contribution is -0.123. The Hall–Kier alpha value is -3.09. The smallest absolute Gasteiger partial charge is 0.340 e. The van der Waals surface area contributed by atoms with Crippen LogP contribution in [0.25, 0.3) is 0 Å². The Balaban J connectivity index is 1.52. The second kappa shape index (κ2) is 7.88. The van der Waals surface area contributed by atoms with Crippen LogP contribution >= 0.6 is 0 Å². The monoisotopic (exact) mass is 383 g/mol. The number of benzene rings is 1. The van der Waals surface area contributed by atoms with Gasteiger partial charge in [0.2, 0.25) is 0 Å². The van der Waals surface area contributed by atoms with Crippen LogP contribution in [0.1, 0.15) is 51.8 Å². The summed E-state index contributed by atoms with van der Waals surface area (Å²) in [5, 5.41) is 4.80. The second-order valence-electron chi connectivity index (χ2n) is 7.21. The molecular weight excluding hydrogens is 358 g/mol. The van der Waals surface area contributed by atoms with E-state index in [0.29, 0.717) is 17.3 Å². The molecule has 1 aromatic heterocycles. The molecule has 148 valence electrons. The summed E-state index contributed by atoms with van der Waals surface area (Å²) in [6.07, 6.45) is 2.23. The van der Waals surface area contributed by atoms with Crippen molar-refractivity contribution in [2.24, 2.45) is 0 Å². The molecular formula is C21H25N3O4. The van der Waals surface area contributed by atoms with Gasteiger partial charge in [0.15, 0.2) is 6.61 Å². The van der Waals surface area contributed by atoms with Gasteiger partial charge in [-0.15, -0.1) is 0 Å². The number of nitrogens with zero attached hydrogens (tertiary/aromatic N) is 1. The third kappa shape index (κ3) is 4.24. The summed E-state index contributed by atoms with van der Waals surface area (Å²) in [4.78, 5) is 36.3. The molecule has 1 aromatic carbocycles. The molecule has 1 heterocycles. The van der Waals surface area contributed by atoms with Gasteiger partial charge in [-0.2, -0.15) is 0 Å². The lowest BCUT2D eigenvalue weighted by Crippen LogP contribution is -2.37. The summed E-state index contributed by atoms with van der Waals surface area (Å²) in [6.45, 7) is 7.12. The van der Waals surface area contributed by atoms with E-state index in [-0.39, 0.29) is 0 Å². The summed E-state index contributed by atoms with van der Waals surface area (Å²) in [6, 6.07) is 7.08. The van der Waals surface area contributed by atoms with Crippen molar-refractivity contribution in [1.82, 2.24) is 9.88 Å². The fourth-order valence-corrected chi connectivity index (χ4v) is 3.29. The third-order valence-corrected chi connectivity index (χ3v) is 5.06. The van der Waals surface area contributed by atoms with Crippen LogP contribution in [0.15, 0.2) is 24.3 Å². The number of nitrogens with one attached hydrogen (secondary N) is 2. The van der Waals surface area contributed by atoms with Crippen LogP contribution < -0.4 is 10.6 Å². The van der Waals surface area contributed by atoms with Gasteiger partial charge >= 0.3 is 12.0 Å². The van der Waals surface area contributed by atoms with Gasteiger partial charge in [-0.1, -0.05) is 12.1 Å². The number of hydrogen-bond donors (Lipinski definition) is 2. The first kappa shape index (κ1) is 19.7. The number of hydrogen-bond acceptors (Lipinski definition) is 4. The zero-order chi connectivity index (χ0) is 20.4. The Kier molecular flexibility index (Phi) is 5.53. The van der Waals surface area contributed by atoms with E-state index in [2.05, 4.69) is 15.2 Å². The molecule has 1 saturated carbocycles. The average molecular weight is 383 g/mol. The Morgan fingerprint density at radius 1 is 1.14 bits per heavy atom. The third-order valence-electron chi connectivity index (χ3n) is 5.06. The van der Waals surface area contributed by atoms with Crippen LogP contribution in [0.3, 0.4) is 0 Å². The van der Waals surface area contributed by atoms with E-state index >= 15 is 0 Å². The van der Waals surface area contributed by atoms with E-state index in [0.717, 1.165) is 35.4 Å². The number of carbonyl (C=O) groups excluding carboxylic acids is 3. The maximum absolute atomic E-state index is 12.3. The molecule has 2 N–H and O–H groups in total. The number of carbonyl (C=O) groups is 3. The normalized spacial score (nSPS) is 13.1. The Morgan fingerprint density at radius 3 is 2.54 bits per heavy atom. The Labute approximate surface area is 164 Å². The van der Waals surface area contributed by atoms with Crippen molar-refractivity contribution < 1.29 is 19.1 Å². The maximum Gasteiger partial charge on any atom is 0.340 e. The molecule has 7 nitrogen and oxygen atoms in total. The predicted octanol–water partition coefficient (Wildman–Crippen LogP) is 3.56. The van der Waals surface area contributed by atoms with Crippen molar-refractivity contribution in [3.63, 3.8) is 0 Å². The van der Waals surface area contributed by atoms with Crippen LogP contribution in [0.2, 0.25) is 0 Å². The molecule has 0 aliphatic heterocycles. The van der Waals surface area contributed by atoms with E-state index in [9.17, 15) is 14.4 Å². The van der Waals surface area contributed by atoms with Crippen LogP contribution in [-0.4, -0.2) is 29.1 Å². The van der Waals surface area contributed by atoms with Gasteiger partial charge in [-0.05, 0) is 63.8 Å². The van der Waals surface area contributed by atoms with E-state index in [1.807, 2.05) is 39.8 Å². The van der Waals surface area contributed by atoms with Gasteiger partial charge in [0.05, 0.1) is 5.56 Å². The van der Waals surface area contributed by atoms with Crippen molar-refractivity contribution in [1.29, 1.82) is 0 Å². The fourth-order valence-electron chi connectivity index (χ4n) is 3.29. The first-order valence-corrected chi connectivity index (χ1v) is 9.30. The quantitative estimate of drug-likeness (QED) is 0.773. The summed E-state index contributed by atoms with van der Waals surface area (Å²) in [7, 11) is 0. The molecule has 1 aliphatic rings. The molecule has 0 atom stereocenters. The minimum atomic E-state index is -0.688. The van der Waals surface area contributed by atoms with Gasteiger partial charge in [-0.25, -0.2) is 9.59 Å². The van der Waals surface area contributed by atoms with Crippen LogP contribution in [0, 0.1) is 27.7 Å². The standard InChI is InChI=1S/C21H25N3O4/c1-12-6-5-7-18(14(12)3)22-21(27)23-19(25)11-28-20(26)17-10-13(2)24(15(17)4)16-8-9-16/h5-7,10,16H,8-9,11H2,1-4H3,(H2,22,23,25,27). The van der Waals surface area contributed by atoms with Crippen molar-refractivity contribution in [3.8, 4) is 0 Å². The summed E-state index contributed by atoms with van der Waals surface area (Å²) in [5.74, 6) is -1.25. The van der Waals surface area contributed by atoms with E-state index < -0.39 is 24.5 Å². The minimum Gasteiger partial charge on any atom is -0.452 e. The summed E-state index contributed by atoms with van der Waals surface area (Å²) in [5.41, 5.74) is 4.87. The number of anilines is 1. The van der Waals surface area contributed by atoms with Gasteiger partial charge < -0.3 is 14.6 Å². The van der Waals surface area contributed by atoms with E-state index in [1.54, 1.807) is 12.1 Å². The number of imide groups is 1. The molecule has 0 unspecified atom stereocenters. The van der Waals surface area contributed by atoms with Crippen molar-refractivity contribution >= 4 is 23.6 Å². The van der Waals surface area contributed by atoms with Gasteiger partial charge in [0, 0.05) is 23.1 Å². The summed E-state index contributed by atoms with van der Waals surface area (Å²) < 4.78 is 7.22. The van der Waals surface area contributed by atoms with Crippen molar-refractivity contribution in [3.05, 3.63) is 52.3 Å². The van der Waals surface area contributed by atoms with Gasteiger partial charge in [0.25, 0.3) is 5.91 Å². The number of esters is 1. The average Bonchev–Trinajstić information content (AvgIpc) is 3.41. The molecule has 3 rings (SSSR count). The maximum atomic E-state index is 12.3. The van der Waals surface area contributed by atoms with Gasteiger partial charge in [0.1, 0.15) is 0 Å². The lowest BCUT2D eigenvalue weighted by Gasteiger charge is -2.11. The molecule has 0 saturated heterocycles. The molecule has 0 bridgehead atoms. The highest BCUT2D eigenvalue weighted by Gasteiger charge is 2.29. The van der Waals surface area contributed by atoms with E-state index in [1.165, 1.54) is 0 Å². The molecule has 7 heteroatoms. The zero-order valence-corrected chi connectivity index (χ0v) is 16.6. The fraction of sp³-hybridized carbons (Fsp3) is 0.381. The lowest BCUT2D eigenvalue weighted by atomic mass is 10.1. The summed E-state index contributed by atoms with van der Waals surface area (Å²) >= 11 is 0. The number of amides is 3. The van der Waals surface area contributed by atoms with Crippen molar-refractivity contribution in [2.75, 3.05) is 11.9 Å². The predicted molar refractivity (Wildman–Crippen MR) is 106 cm³/mol. The number of urea groups is 1. The van der Waals surface area contributed by atoms with Crippen LogP contribution in [-0.2, 0) is 9.53 Å². The molecule has 28 heavy (non-hydrogen) atoms. The van der Waals surface area contributed by atoms with E-state index in [4.69, 9.17) is 4.74 Å². The first-order chi connectivity index (χ1) is 13.3. The molecule has 0 radical (unpaired) electrons. The first-order valence-electron chi connectivity index (χ1n) is 9.30. The van der Waals surface area contributed by atoms with Crippen molar-refractivity contribution in [2.45, 2.75) is 46.6 Å². The Morgan fingerprint density at radius 2 is 1.86 bits per heavy atom. The number of ether oxygens (including phenoxy) is 1. The highest BCUT2D eigenvalue weighted by Crippen LogP contribution is 2.38. The van der Waals surface area contributed by atoms with Crippen LogP contribution in [0.5, 0.6) is 0 Å². The number of aryl methyl sites for hydroxylation is 2. The Bertz CT molecular complexity index is 941. The molecule has 3 amide bonds.